The van der Waals surface area contributed by atoms with Gasteiger partial charge in [-0.05, 0) is 42.8 Å². The summed E-state index contributed by atoms with van der Waals surface area (Å²) in [6, 6.07) is 7.52. The average molecular weight is 342 g/mol. The third kappa shape index (κ3) is 3.31. The van der Waals surface area contributed by atoms with Crippen molar-refractivity contribution in [3.8, 4) is 0 Å². The first-order valence-electron chi connectivity index (χ1n) is 6.93. The van der Waals surface area contributed by atoms with Crippen LogP contribution in [0.15, 0.2) is 29.6 Å². The van der Waals surface area contributed by atoms with Gasteiger partial charge >= 0.3 is 0 Å². The molecule has 0 radical (unpaired) electrons. The molecular formula is C15H16ClNO2S2. The van der Waals surface area contributed by atoms with Gasteiger partial charge in [0, 0.05) is 17.5 Å². The van der Waals surface area contributed by atoms with Gasteiger partial charge in [0.2, 0.25) is 0 Å². The fraction of sp³-hybridized carbons (Fsp3) is 0.400. The van der Waals surface area contributed by atoms with Gasteiger partial charge in [0.1, 0.15) is 0 Å². The van der Waals surface area contributed by atoms with Gasteiger partial charge in [-0.15, -0.1) is 22.7 Å². The van der Waals surface area contributed by atoms with E-state index in [0.717, 1.165) is 24.3 Å². The molecule has 3 rings (SSSR count). The highest BCUT2D eigenvalue weighted by Crippen LogP contribution is 2.31. The van der Waals surface area contributed by atoms with Crippen molar-refractivity contribution in [3.05, 3.63) is 43.7 Å². The first kappa shape index (κ1) is 15.0. The first-order chi connectivity index (χ1) is 10.1. The molecule has 0 bridgehead atoms. The number of thiophene rings is 2. The SMILES string of the molecule is O=C(c1ccc(Cl)s1)N1CCC[C@H]1C[C@@H](O)c1cccs1. The molecule has 1 aliphatic heterocycles. The molecular weight excluding hydrogens is 326 g/mol. The number of hydrogen-bond acceptors (Lipinski definition) is 4. The van der Waals surface area contributed by atoms with Crippen molar-refractivity contribution in [2.75, 3.05) is 6.54 Å². The fourth-order valence-electron chi connectivity index (χ4n) is 2.77. The van der Waals surface area contributed by atoms with E-state index in [1.165, 1.54) is 11.3 Å². The number of hydrogen-bond donors (Lipinski definition) is 1. The van der Waals surface area contributed by atoms with Crippen LogP contribution in [0.3, 0.4) is 0 Å². The number of rotatable bonds is 4. The summed E-state index contributed by atoms with van der Waals surface area (Å²) in [5.74, 6) is 0.0350. The molecule has 1 saturated heterocycles. The lowest BCUT2D eigenvalue weighted by Gasteiger charge is -2.26. The van der Waals surface area contributed by atoms with Gasteiger partial charge < -0.3 is 10.0 Å². The zero-order valence-corrected chi connectivity index (χ0v) is 13.8. The Kier molecular flexibility index (Phi) is 4.64. The van der Waals surface area contributed by atoms with Gasteiger partial charge in [0.05, 0.1) is 15.3 Å². The van der Waals surface area contributed by atoms with Crippen molar-refractivity contribution in [1.29, 1.82) is 0 Å². The third-order valence-corrected chi connectivity index (χ3v) is 5.98. The molecule has 2 atom stereocenters. The molecule has 0 spiro atoms. The van der Waals surface area contributed by atoms with Crippen LogP contribution < -0.4 is 0 Å². The molecule has 3 heterocycles. The van der Waals surface area contributed by atoms with Crippen LogP contribution in [-0.4, -0.2) is 28.5 Å². The second-order valence-electron chi connectivity index (χ2n) is 5.17. The maximum absolute atomic E-state index is 12.5. The summed E-state index contributed by atoms with van der Waals surface area (Å²) in [6.45, 7) is 0.760. The summed E-state index contributed by atoms with van der Waals surface area (Å²) in [7, 11) is 0. The van der Waals surface area contributed by atoms with Crippen LogP contribution in [0.4, 0.5) is 0 Å². The molecule has 0 unspecified atom stereocenters. The molecule has 1 amide bonds. The van der Waals surface area contributed by atoms with E-state index in [1.807, 2.05) is 22.4 Å². The van der Waals surface area contributed by atoms with Gasteiger partial charge in [-0.3, -0.25) is 4.79 Å². The molecule has 0 aliphatic carbocycles. The van der Waals surface area contributed by atoms with Gasteiger partial charge in [-0.25, -0.2) is 0 Å². The minimum Gasteiger partial charge on any atom is -0.387 e. The highest BCUT2D eigenvalue weighted by atomic mass is 35.5. The molecule has 6 heteroatoms. The zero-order chi connectivity index (χ0) is 14.8. The smallest absolute Gasteiger partial charge is 0.264 e. The predicted molar refractivity (Wildman–Crippen MR) is 87.3 cm³/mol. The molecule has 21 heavy (non-hydrogen) atoms. The topological polar surface area (TPSA) is 40.5 Å². The lowest BCUT2D eigenvalue weighted by atomic mass is 10.1. The summed E-state index contributed by atoms with van der Waals surface area (Å²) in [5.41, 5.74) is 0. The normalized spacial score (nSPS) is 19.9. The Balaban J connectivity index is 1.69. The minimum atomic E-state index is -0.490. The standard InChI is InChI=1S/C15H16ClNO2S2/c16-14-6-5-13(21-14)15(19)17-7-1-3-10(17)9-11(18)12-4-2-8-20-12/h2,4-6,8,10-11,18H,1,3,7,9H2/t10-,11+/m0/s1. The van der Waals surface area contributed by atoms with E-state index in [9.17, 15) is 9.90 Å². The second-order valence-corrected chi connectivity index (χ2v) is 7.86. The Morgan fingerprint density at radius 3 is 3.00 bits per heavy atom. The molecule has 3 nitrogen and oxygen atoms in total. The molecule has 1 aliphatic rings. The van der Waals surface area contributed by atoms with E-state index in [-0.39, 0.29) is 11.9 Å². The number of likely N-dealkylation sites (tertiary alicyclic amines) is 1. The number of aliphatic hydroxyl groups excluding tert-OH is 1. The maximum atomic E-state index is 12.5. The summed E-state index contributed by atoms with van der Waals surface area (Å²) in [6.07, 6.45) is 2.06. The largest absolute Gasteiger partial charge is 0.387 e. The van der Waals surface area contributed by atoms with Crippen LogP contribution in [0.25, 0.3) is 0 Å². The van der Waals surface area contributed by atoms with E-state index in [1.54, 1.807) is 23.5 Å². The van der Waals surface area contributed by atoms with Crippen molar-refractivity contribution in [1.82, 2.24) is 4.90 Å². The summed E-state index contributed by atoms with van der Waals surface area (Å²) in [4.78, 5) is 16.1. The quantitative estimate of drug-likeness (QED) is 0.905. The molecule has 0 saturated carbocycles. The van der Waals surface area contributed by atoms with Crippen molar-refractivity contribution in [2.24, 2.45) is 0 Å². The Morgan fingerprint density at radius 2 is 2.33 bits per heavy atom. The molecule has 0 aromatic carbocycles. The Labute approximate surface area is 136 Å². The zero-order valence-electron chi connectivity index (χ0n) is 11.4. The van der Waals surface area contributed by atoms with E-state index in [0.29, 0.717) is 15.6 Å². The Hall–Kier alpha value is -0.880. The minimum absolute atomic E-state index is 0.0350. The van der Waals surface area contributed by atoms with E-state index >= 15 is 0 Å². The van der Waals surface area contributed by atoms with Crippen LogP contribution >= 0.6 is 34.3 Å². The van der Waals surface area contributed by atoms with Crippen molar-refractivity contribution in [3.63, 3.8) is 0 Å². The van der Waals surface area contributed by atoms with E-state index in [4.69, 9.17) is 11.6 Å². The maximum Gasteiger partial charge on any atom is 0.264 e. The number of amides is 1. The number of carbonyl (C=O) groups excluding carboxylic acids is 1. The molecule has 1 N–H and O–H groups in total. The van der Waals surface area contributed by atoms with Gasteiger partial charge in [-0.1, -0.05) is 17.7 Å². The highest BCUT2D eigenvalue weighted by molar-refractivity contribution is 7.18. The van der Waals surface area contributed by atoms with Crippen LogP contribution in [0.5, 0.6) is 0 Å². The van der Waals surface area contributed by atoms with E-state index < -0.39 is 6.10 Å². The highest BCUT2D eigenvalue weighted by Gasteiger charge is 2.32. The molecule has 112 valence electrons. The number of nitrogens with zero attached hydrogens (tertiary/aromatic N) is 1. The Morgan fingerprint density at radius 1 is 1.48 bits per heavy atom. The molecule has 1 fully saturated rings. The number of carbonyl (C=O) groups is 1. The fourth-order valence-corrected chi connectivity index (χ4v) is 4.50. The first-order valence-corrected chi connectivity index (χ1v) is 9.00. The summed E-state index contributed by atoms with van der Waals surface area (Å²) >= 11 is 8.78. The Bertz CT molecular complexity index is 611. The average Bonchev–Trinajstić information content (AvgIpc) is 3.18. The molecule has 2 aromatic rings. The summed E-state index contributed by atoms with van der Waals surface area (Å²) < 4.78 is 0.632. The lowest BCUT2D eigenvalue weighted by molar-refractivity contribution is 0.0675. The monoisotopic (exact) mass is 341 g/mol. The number of aliphatic hydroxyl groups is 1. The van der Waals surface area contributed by atoms with Crippen LogP contribution in [0, 0.1) is 0 Å². The predicted octanol–water partition coefficient (Wildman–Crippen LogP) is 4.19. The van der Waals surface area contributed by atoms with E-state index in [2.05, 4.69) is 0 Å². The van der Waals surface area contributed by atoms with Crippen molar-refractivity contribution < 1.29 is 9.90 Å². The van der Waals surface area contributed by atoms with Gasteiger partial charge in [-0.2, -0.15) is 0 Å². The van der Waals surface area contributed by atoms with Crippen LogP contribution in [0.1, 0.15) is 39.9 Å². The van der Waals surface area contributed by atoms with Crippen molar-refractivity contribution >= 4 is 40.2 Å². The second kappa shape index (κ2) is 6.48. The van der Waals surface area contributed by atoms with Crippen LogP contribution in [0.2, 0.25) is 4.34 Å². The van der Waals surface area contributed by atoms with Crippen molar-refractivity contribution in [2.45, 2.75) is 31.4 Å². The van der Waals surface area contributed by atoms with Gasteiger partial charge in [0.15, 0.2) is 0 Å². The molecule has 2 aromatic heterocycles. The summed E-state index contributed by atoms with van der Waals surface area (Å²) in [5, 5.41) is 12.3. The van der Waals surface area contributed by atoms with Gasteiger partial charge in [0.25, 0.3) is 5.91 Å². The lowest BCUT2D eigenvalue weighted by Crippen LogP contribution is -2.36. The van der Waals surface area contributed by atoms with Crippen LogP contribution in [-0.2, 0) is 0 Å². The third-order valence-electron chi connectivity index (χ3n) is 3.79. The number of halogens is 1.